The van der Waals surface area contributed by atoms with Crippen molar-refractivity contribution in [2.45, 2.75) is 52.9 Å². The van der Waals surface area contributed by atoms with Gasteiger partial charge in [0.1, 0.15) is 5.69 Å². The van der Waals surface area contributed by atoms with Crippen molar-refractivity contribution >= 4 is 28.6 Å². The largest absolute Gasteiger partial charge is 0.481 e. The highest BCUT2D eigenvalue weighted by Crippen LogP contribution is 2.43. The molecule has 0 saturated heterocycles. The SMILES string of the molecule is CC(=O)O.CCCc1cc(-c2nc3cc4c(cc3[nH]2)C(C)(C)C(=O)N4CC)n[nH]1. The molecule has 1 amide bonds. The molecule has 8 nitrogen and oxygen atoms in total. The van der Waals surface area contributed by atoms with Crippen LogP contribution in [0.15, 0.2) is 18.2 Å². The summed E-state index contributed by atoms with van der Waals surface area (Å²) >= 11 is 0. The minimum atomic E-state index is -0.833. The first-order valence-corrected chi connectivity index (χ1v) is 9.79. The number of carbonyl (C=O) groups excluding carboxylic acids is 1. The second-order valence-corrected chi connectivity index (χ2v) is 7.69. The molecule has 4 rings (SSSR count). The summed E-state index contributed by atoms with van der Waals surface area (Å²) in [5.74, 6) is 0.0684. The van der Waals surface area contributed by atoms with Crippen molar-refractivity contribution < 1.29 is 14.7 Å². The van der Waals surface area contributed by atoms with Crippen LogP contribution in [0.2, 0.25) is 0 Å². The number of carboxylic acid groups (broad SMARTS) is 1. The lowest BCUT2D eigenvalue weighted by atomic mass is 9.86. The molecule has 3 N–H and O–H groups in total. The highest BCUT2D eigenvalue weighted by Gasteiger charge is 2.43. The first kappa shape index (κ1) is 20.6. The van der Waals surface area contributed by atoms with Crippen molar-refractivity contribution in [2.24, 2.45) is 0 Å². The zero-order valence-corrected chi connectivity index (χ0v) is 17.5. The predicted octanol–water partition coefficient (Wildman–Crippen LogP) is 3.64. The van der Waals surface area contributed by atoms with E-state index in [1.807, 2.05) is 37.8 Å². The van der Waals surface area contributed by atoms with Gasteiger partial charge in [-0.05, 0) is 51.0 Å². The van der Waals surface area contributed by atoms with E-state index >= 15 is 0 Å². The minimum Gasteiger partial charge on any atom is -0.481 e. The Hall–Kier alpha value is -3.16. The van der Waals surface area contributed by atoms with E-state index in [2.05, 4.69) is 28.2 Å². The summed E-state index contributed by atoms with van der Waals surface area (Å²) in [6.45, 7) is 9.86. The number of rotatable bonds is 4. The normalized spacial score (nSPS) is 14.7. The van der Waals surface area contributed by atoms with E-state index in [0.29, 0.717) is 6.54 Å². The molecule has 1 aromatic carbocycles. The maximum Gasteiger partial charge on any atom is 0.300 e. The van der Waals surface area contributed by atoms with Gasteiger partial charge in [-0.15, -0.1) is 0 Å². The number of nitrogens with zero attached hydrogens (tertiary/aromatic N) is 3. The van der Waals surface area contributed by atoms with Gasteiger partial charge in [-0.25, -0.2) is 4.98 Å². The third-order valence-corrected chi connectivity index (χ3v) is 5.05. The Morgan fingerprint density at radius 1 is 1.24 bits per heavy atom. The lowest BCUT2D eigenvalue weighted by Crippen LogP contribution is -2.35. The van der Waals surface area contributed by atoms with Gasteiger partial charge in [0.25, 0.3) is 5.97 Å². The third-order valence-electron chi connectivity index (χ3n) is 5.05. The van der Waals surface area contributed by atoms with Crippen LogP contribution in [0.5, 0.6) is 0 Å². The fourth-order valence-electron chi connectivity index (χ4n) is 3.65. The van der Waals surface area contributed by atoms with E-state index in [1.165, 1.54) is 0 Å². The van der Waals surface area contributed by atoms with Gasteiger partial charge in [-0.3, -0.25) is 14.7 Å². The maximum atomic E-state index is 12.6. The highest BCUT2D eigenvalue weighted by molar-refractivity contribution is 6.09. The van der Waals surface area contributed by atoms with Gasteiger partial charge >= 0.3 is 0 Å². The number of benzene rings is 1. The number of carboxylic acids is 1. The van der Waals surface area contributed by atoms with Crippen molar-refractivity contribution in [3.8, 4) is 11.5 Å². The predicted molar refractivity (Wildman–Crippen MR) is 112 cm³/mol. The van der Waals surface area contributed by atoms with Crippen LogP contribution in [0, 0.1) is 0 Å². The second kappa shape index (κ2) is 7.69. The minimum absolute atomic E-state index is 0.148. The Balaban J connectivity index is 0.000000552. The van der Waals surface area contributed by atoms with E-state index in [4.69, 9.17) is 14.9 Å². The van der Waals surface area contributed by atoms with Crippen molar-refractivity contribution in [1.29, 1.82) is 0 Å². The smallest absolute Gasteiger partial charge is 0.300 e. The van der Waals surface area contributed by atoms with Crippen LogP contribution in [0.3, 0.4) is 0 Å². The van der Waals surface area contributed by atoms with Crippen LogP contribution in [0.4, 0.5) is 5.69 Å². The lowest BCUT2D eigenvalue weighted by molar-refractivity contribution is -0.134. The number of aliphatic carboxylic acids is 1. The molecule has 0 radical (unpaired) electrons. The van der Waals surface area contributed by atoms with Crippen molar-refractivity contribution in [3.05, 3.63) is 29.5 Å². The number of aromatic nitrogens is 4. The van der Waals surface area contributed by atoms with Gasteiger partial charge in [0.15, 0.2) is 5.82 Å². The standard InChI is InChI=1S/C19H23N5O.C2H4O2/c1-5-7-11-8-15(23-22-11)17-20-13-9-12-16(10-14(13)21-17)24(6-2)18(25)19(12,3)4;1-2(3)4/h8-10H,5-7H2,1-4H3,(H,20,21)(H,22,23);1H3,(H,3,4). The highest BCUT2D eigenvalue weighted by atomic mass is 16.4. The molecule has 29 heavy (non-hydrogen) atoms. The van der Waals surface area contributed by atoms with Gasteiger partial charge in [-0.1, -0.05) is 13.3 Å². The van der Waals surface area contributed by atoms with E-state index in [9.17, 15) is 4.79 Å². The molecular formula is C21H27N5O3. The van der Waals surface area contributed by atoms with Gasteiger partial charge < -0.3 is 15.0 Å². The number of aryl methyl sites for hydroxylation is 1. The number of amides is 1. The number of hydrogen-bond donors (Lipinski definition) is 3. The molecule has 0 atom stereocenters. The van der Waals surface area contributed by atoms with Crippen molar-refractivity contribution in [1.82, 2.24) is 20.2 Å². The Kier molecular flexibility index (Phi) is 5.46. The molecular weight excluding hydrogens is 370 g/mol. The first-order chi connectivity index (χ1) is 13.7. The monoisotopic (exact) mass is 397 g/mol. The van der Waals surface area contributed by atoms with Crippen molar-refractivity contribution in [2.75, 3.05) is 11.4 Å². The number of carbonyl (C=O) groups is 2. The fraction of sp³-hybridized carbons (Fsp3) is 0.429. The number of anilines is 1. The average Bonchev–Trinajstić information content (AvgIpc) is 3.31. The Bertz CT molecular complexity index is 1060. The molecule has 0 aliphatic carbocycles. The number of hydrogen-bond acceptors (Lipinski definition) is 4. The molecule has 0 spiro atoms. The third kappa shape index (κ3) is 3.74. The Morgan fingerprint density at radius 2 is 1.93 bits per heavy atom. The van der Waals surface area contributed by atoms with Crippen LogP contribution in [-0.4, -0.2) is 43.7 Å². The summed E-state index contributed by atoms with van der Waals surface area (Å²) in [6.07, 6.45) is 2.05. The van der Waals surface area contributed by atoms with Crippen LogP contribution < -0.4 is 4.90 Å². The zero-order valence-electron chi connectivity index (χ0n) is 17.5. The van der Waals surface area contributed by atoms with Crippen LogP contribution >= 0.6 is 0 Å². The molecule has 3 heterocycles. The molecule has 154 valence electrons. The van der Waals surface area contributed by atoms with Gasteiger partial charge in [-0.2, -0.15) is 5.10 Å². The zero-order chi connectivity index (χ0) is 21.3. The summed E-state index contributed by atoms with van der Waals surface area (Å²) in [5.41, 5.74) is 5.25. The molecule has 0 fully saturated rings. The van der Waals surface area contributed by atoms with E-state index in [1.54, 1.807) is 0 Å². The number of fused-ring (bicyclic) bond motifs is 2. The number of aromatic amines is 2. The fourth-order valence-corrected chi connectivity index (χ4v) is 3.65. The molecule has 8 heteroatoms. The van der Waals surface area contributed by atoms with E-state index in [0.717, 1.165) is 59.3 Å². The average molecular weight is 397 g/mol. The van der Waals surface area contributed by atoms with Gasteiger partial charge in [0.05, 0.1) is 22.1 Å². The summed E-state index contributed by atoms with van der Waals surface area (Å²) in [5, 5.41) is 14.9. The number of nitrogens with one attached hydrogen (secondary N) is 2. The quantitative estimate of drug-likeness (QED) is 0.622. The summed E-state index contributed by atoms with van der Waals surface area (Å²) in [6, 6.07) is 6.12. The summed E-state index contributed by atoms with van der Waals surface area (Å²) in [4.78, 5) is 31.6. The molecule has 0 unspecified atom stereocenters. The molecule has 2 aromatic heterocycles. The summed E-state index contributed by atoms with van der Waals surface area (Å²) < 4.78 is 0. The van der Waals surface area contributed by atoms with Gasteiger partial charge in [0, 0.05) is 19.2 Å². The Morgan fingerprint density at radius 3 is 2.55 bits per heavy atom. The van der Waals surface area contributed by atoms with Crippen LogP contribution in [0.25, 0.3) is 22.6 Å². The second-order valence-electron chi connectivity index (χ2n) is 7.69. The first-order valence-electron chi connectivity index (χ1n) is 9.79. The lowest BCUT2D eigenvalue weighted by Gasteiger charge is -2.18. The molecule has 3 aromatic rings. The van der Waals surface area contributed by atoms with Gasteiger partial charge in [0.2, 0.25) is 5.91 Å². The Labute approximate surface area is 169 Å². The molecule has 0 saturated carbocycles. The number of H-pyrrole nitrogens is 2. The topological polar surface area (TPSA) is 115 Å². The summed E-state index contributed by atoms with van der Waals surface area (Å²) in [7, 11) is 0. The number of imidazole rings is 1. The van der Waals surface area contributed by atoms with E-state index in [-0.39, 0.29) is 5.91 Å². The van der Waals surface area contributed by atoms with E-state index < -0.39 is 11.4 Å². The van der Waals surface area contributed by atoms with Crippen LogP contribution in [0.1, 0.15) is 52.3 Å². The molecule has 1 aliphatic rings. The molecule has 0 bridgehead atoms. The molecule has 1 aliphatic heterocycles. The number of likely N-dealkylation sites (N-methyl/N-ethyl adjacent to an activating group) is 1. The maximum absolute atomic E-state index is 12.6. The van der Waals surface area contributed by atoms with Crippen LogP contribution in [-0.2, 0) is 21.4 Å². The van der Waals surface area contributed by atoms with Crippen molar-refractivity contribution in [3.63, 3.8) is 0 Å².